The fraction of sp³-hybridized carbons (Fsp3) is 0.286. The number of nitrogens with zero attached hydrogens (tertiary/aromatic N) is 2. The van der Waals surface area contributed by atoms with Crippen molar-refractivity contribution >= 4 is 29.3 Å². The third-order valence-corrected chi connectivity index (χ3v) is 3.14. The van der Waals surface area contributed by atoms with Crippen molar-refractivity contribution in [3.8, 4) is 0 Å². The molecule has 0 unspecified atom stereocenters. The number of imide groups is 2. The van der Waals surface area contributed by atoms with E-state index in [1.807, 2.05) is 0 Å². The van der Waals surface area contributed by atoms with Crippen molar-refractivity contribution in [3.05, 3.63) is 29.8 Å². The first kappa shape index (κ1) is 16.7. The molecule has 0 aromatic heterocycles. The van der Waals surface area contributed by atoms with Crippen molar-refractivity contribution in [2.45, 2.75) is 19.5 Å². The van der Waals surface area contributed by atoms with E-state index >= 15 is 0 Å². The zero-order valence-electron chi connectivity index (χ0n) is 11.9. The van der Waals surface area contributed by atoms with Gasteiger partial charge in [-0.2, -0.15) is 13.2 Å². The minimum atomic E-state index is -4.77. The summed E-state index contributed by atoms with van der Waals surface area (Å²) in [6.45, 7) is -0.448. The summed E-state index contributed by atoms with van der Waals surface area (Å²) in [6, 6.07) is 3.83. The Morgan fingerprint density at radius 1 is 1.09 bits per heavy atom. The van der Waals surface area contributed by atoms with Gasteiger partial charge in [0.15, 0.2) is 5.78 Å². The maximum Gasteiger partial charge on any atom is 0.406 e. The van der Waals surface area contributed by atoms with Crippen molar-refractivity contribution in [1.29, 1.82) is 0 Å². The summed E-state index contributed by atoms with van der Waals surface area (Å²) in [7, 11) is 0. The standard InChI is InChI=1S/C14H11F3N2O4/c1-8(20)9-2-4-10(5-3-9)19-12(22)6-11(21)18(13(19)23)7-14(15,16)17/h2-5H,6-7H2,1H3. The van der Waals surface area contributed by atoms with Crippen LogP contribution >= 0.6 is 0 Å². The Bertz CT molecular complexity index is 682. The molecule has 1 aromatic carbocycles. The molecule has 1 fully saturated rings. The largest absolute Gasteiger partial charge is 0.406 e. The molecule has 1 saturated heterocycles. The lowest BCUT2D eigenvalue weighted by molar-refractivity contribution is -0.157. The number of carbonyl (C=O) groups is 4. The van der Waals surface area contributed by atoms with Crippen LogP contribution in [0.15, 0.2) is 24.3 Å². The molecule has 0 atom stereocenters. The van der Waals surface area contributed by atoms with Crippen LogP contribution in [-0.4, -0.2) is 41.2 Å². The van der Waals surface area contributed by atoms with E-state index in [1.54, 1.807) is 0 Å². The van der Waals surface area contributed by atoms with Gasteiger partial charge >= 0.3 is 12.2 Å². The number of anilines is 1. The van der Waals surface area contributed by atoms with Crippen LogP contribution in [0.3, 0.4) is 0 Å². The third-order valence-electron chi connectivity index (χ3n) is 3.14. The SMILES string of the molecule is CC(=O)c1ccc(N2C(=O)CC(=O)N(CC(F)(F)F)C2=O)cc1. The first-order valence-corrected chi connectivity index (χ1v) is 6.45. The summed E-state index contributed by atoms with van der Waals surface area (Å²) in [5, 5.41) is 0. The number of rotatable bonds is 3. The molecule has 6 nitrogen and oxygen atoms in total. The van der Waals surface area contributed by atoms with Gasteiger partial charge in [-0.3, -0.25) is 19.3 Å². The molecule has 1 aliphatic heterocycles. The molecule has 0 aliphatic carbocycles. The number of Topliss-reactive ketones (excluding diaryl/α,β-unsaturated/α-hetero) is 1. The number of hydrogen-bond donors (Lipinski definition) is 0. The van der Waals surface area contributed by atoms with E-state index in [4.69, 9.17) is 0 Å². The molecule has 1 aromatic rings. The second-order valence-corrected chi connectivity index (χ2v) is 4.89. The Labute approximate surface area is 128 Å². The second-order valence-electron chi connectivity index (χ2n) is 4.89. The van der Waals surface area contributed by atoms with Crippen LogP contribution in [-0.2, 0) is 9.59 Å². The number of urea groups is 1. The lowest BCUT2D eigenvalue weighted by atomic mass is 10.1. The predicted molar refractivity (Wildman–Crippen MR) is 71.7 cm³/mol. The summed E-state index contributed by atoms with van der Waals surface area (Å²) in [5.74, 6) is -2.37. The van der Waals surface area contributed by atoms with Gasteiger partial charge in [0.2, 0.25) is 11.8 Å². The van der Waals surface area contributed by atoms with E-state index in [0.29, 0.717) is 10.5 Å². The quantitative estimate of drug-likeness (QED) is 0.629. The van der Waals surface area contributed by atoms with E-state index in [0.717, 1.165) is 0 Å². The lowest BCUT2D eigenvalue weighted by Crippen LogP contribution is -2.57. The topological polar surface area (TPSA) is 74.8 Å². The minimum Gasteiger partial charge on any atom is -0.295 e. The van der Waals surface area contributed by atoms with Gasteiger partial charge in [0.1, 0.15) is 13.0 Å². The van der Waals surface area contributed by atoms with E-state index in [1.165, 1.54) is 31.2 Å². The summed E-state index contributed by atoms with van der Waals surface area (Å²) in [4.78, 5) is 47.1. The van der Waals surface area contributed by atoms with E-state index in [2.05, 4.69) is 0 Å². The normalized spacial score (nSPS) is 16.1. The van der Waals surface area contributed by atoms with Gasteiger partial charge in [-0.25, -0.2) is 9.69 Å². The molecule has 2 rings (SSSR count). The van der Waals surface area contributed by atoms with E-state index < -0.39 is 37.0 Å². The van der Waals surface area contributed by atoms with Gasteiger partial charge in [-0.15, -0.1) is 0 Å². The molecule has 4 amide bonds. The molecule has 9 heteroatoms. The number of benzene rings is 1. The van der Waals surface area contributed by atoms with Crippen LogP contribution in [0.5, 0.6) is 0 Å². The van der Waals surface area contributed by atoms with Crippen LogP contribution in [0.25, 0.3) is 0 Å². The third kappa shape index (κ3) is 3.55. The van der Waals surface area contributed by atoms with Crippen LogP contribution in [0.2, 0.25) is 0 Å². The fourth-order valence-corrected chi connectivity index (χ4v) is 2.07. The smallest absolute Gasteiger partial charge is 0.295 e. The van der Waals surface area contributed by atoms with E-state index in [9.17, 15) is 32.3 Å². The fourth-order valence-electron chi connectivity index (χ4n) is 2.07. The number of halogens is 3. The molecule has 0 N–H and O–H groups in total. The van der Waals surface area contributed by atoms with Gasteiger partial charge in [0.05, 0.1) is 5.69 Å². The van der Waals surface area contributed by atoms with Crippen molar-refractivity contribution in [2.75, 3.05) is 11.4 Å². The van der Waals surface area contributed by atoms with Gasteiger partial charge < -0.3 is 0 Å². The molecule has 1 heterocycles. The lowest BCUT2D eigenvalue weighted by Gasteiger charge is -2.33. The monoisotopic (exact) mass is 328 g/mol. The summed E-state index contributed by atoms with van der Waals surface area (Å²) < 4.78 is 37.4. The zero-order valence-corrected chi connectivity index (χ0v) is 11.9. The molecule has 0 radical (unpaired) electrons. The molecule has 0 saturated carbocycles. The zero-order chi connectivity index (χ0) is 17.4. The highest BCUT2D eigenvalue weighted by molar-refractivity contribution is 6.26. The van der Waals surface area contributed by atoms with Crippen LogP contribution < -0.4 is 4.90 Å². The molecule has 122 valence electrons. The highest BCUT2D eigenvalue weighted by Crippen LogP contribution is 2.25. The van der Waals surface area contributed by atoms with Crippen molar-refractivity contribution in [3.63, 3.8) is 0 Å². The number of hydrogen-bond acceptors (Lipinski definition) is 4. The summed E-state index contributed by atoms with van der Waals surface area (Å²) in [6.07, 6.45) is -5.61. The Hall–Kier alpha value is -2.71. The Kier molecular flexibility index (Phi) is 4.22. The summed E-state index contributed by atoms with van der Waals surface area (Å²) in [5.41, 5.74) is 0.304. The molecule has 1 aliphatic rings. The van der Waals surface area contributed by atoms with E-state index in [-0.39, 0.29) is 16.4 Å². The highest BCUT2D eigenvalue weighted by Gasteiger charge is 2.44. The first-order valence-electron chi connectivity index (χ1n) is 6.45. The van der Waals surface area contributed by atoms with Crippen molar-refractivity contribution < 1.29 is 32.3 Å². The number of alkyl halides is 3. The van der Waals surface area contributed by atoms with Crippen molar-refractivity contribution in [2.24, 2.45) is 0 Å². The molecule has 0 bridgehead atoms. The number of ketones is 1. The van der Waals surface area contributed by atoms with Gasteiger partial charge in [0.25, 0.3) is 0 Å². The first-order chi connectivity index (χ1) is 10.6. The minimum absolute atomic E-state index is 0.00956. The van der Waals surface area contributed by atoms with Gasteiger partial charge in [0, 0.05) is 5.56 Å². The number of barbiturate groups is 1. The van der Waals surface area contributed by atoms with Crippen LogP contribution in [0, 0.1) is 0 Å². The van der Waals surface area contributed by atoms with Crippen molar-refractivity contribution in [1.82, 2.24) is 4.90 Å². The Morgan fingerprint density at radius 2 is 1.65 bits per heavy atom. The average molecular weight is 328 g/mol. The second kappa shape index (κ2) is 5.82. The average Bonchev–Trinajstić information content (AvgIpc) is 2.43. The van der Waals surface area contributed by atoms with Crippen LogP contribution in [0.4, 0.5) is 23.7 Å². The van der Waals surface area contributed by atoms with Gasteiger partial charge in [-0.1, -0.05) is 0 Å². The molecular weight excluding hydrogens is 317 g/mol. The Balaban J connectivity index is 2.33. The number of carbonyl (C=O) groups excluding carboxylic acids is 4. The maximum atomic E-state index is 12.5. The molecule has 23 heavy (non-hydrogen) atoms. The highest BCUT2D eigenvalue weighted by atomic mass is 19.4. The number of amides is 4. The van der Waals surface area contributed by atoms with Gasteiger partial charge in [-0.05, 0) is 31.2 Å². The maximum absolute atomic E-state index is 12.5. The molecule has 0 spiro atoms. The Morgan fingerprint density at radius 3 is 2.13 bits per heavy atom. The summed E-state index contributed by atoms with van der Waals surface area (Å²) >= 11 is 0. The molecular formula is C14H11F3N2O4. The van der Waals surface area contributed by atoms with Crippen LogP contribution in [0.1, 0.15) is 23.7 Å². The predicted octanol–water partition coefficient (Wildman–Crippen LogP) is 2.14.